The maximum Gasteiger partial charge on any atom is 0.240 e. The highest BCUT2D eigenvalue weighted by Crippen LogP contribution is 2.20. The van der Waals surface area contributed by atoms with E-state index in [9.17, 15) is 4.79 Å². The second kappa shape index (κ2) is 7.96. The number of rotatable bonds is 6. The van der Waals surface area contributed by atoms with Crippen molar-refractivity contribution in [3.05, 3.63) is 0 Å². The molecule has 1 amide bonds. The van der Waals surface area contributed by atoms with Crippen LogP contribution >= 0.6 is 0 Å². The molecule has 1 heterocycles. The average Bonchev–Trinajstić information content (AvgIpc) is 2.34. The number of hydrogen-bond acceptors (Lipinski definition) is 4. The molecule has 118 valence electrons. The van der Waals surface area contributed by atoms with Gasteiger partial charge in [0, 0.05) is 33.8 Å². The van der Waals surface area contributed by atoms with E-state index in [-0.39, 0.29) is 30.1 Å². The van der Waals surface area contributed by atoms with Crippen molar-refractivity contribution >= 4 is 5.91 Å². The van der Waals surface area contributed by atoms with Gasteiger partial charge in [0.15, 0.2) is 0 Å². The summed E-state index contributed by atoms with van der Waals surface area (Å²) in [5, 5.41) is 0. The molecule has 1 saturated heterocycles. The molecule has 1 aliphatic heterocycles. The topological polar surface area (TPSA) is 42.0 Å². The number of likely N-dealkylation sites (N-methyl/N-ethyl adjacent to an activating group) is 1. The Hall–Kier alpha value is -0.650. The van der Waals surface area contributed by atoms with Crippen molar-refractivity contribution in [2.24, 2.45) is 5.92 Å². The van der Waals surface area contributed by atoms with Gasteiger partial charge in [-0.3, -0.25) is 9.69 Å². The summed E-state index contributed by atoms with van der Waals surface area (Å²) >= 11 is 0. The molecule has 5 nitrogen and oxygen atoms in total. The lowest BCUT2D eigenvalue weighted by Gasteiger charge is -2.42. The molecular weight excluding hydrogens is 256 g/mol. The molecule has 20 heavy (non-hydrogen) atoms. The van der Waals surface area contributed by atoms with Crippen molar-refractivity contribution in [1.29, 1.82) is 0 Å². The Morgan fingerprint density at radius 1 is 1.35 bits per heavy atom. The number of carbonyl (C=O) groups excluding carboxylic acids is 1. The van der Waals surface area contributed by atoms with Crippen LogP contribution in [0.25, 0.3) is 0 Å². The SMILES string of the molecule is COCCN(C)C(=O)C(C(C)C)N1CC(C)OC(C)C1. The van der Waals surface area contributed by atoms with Crippen molar-refractivity contribution in [3.8, 4) is 0 Å². The summed E-state index contributed by atoms with van der Waals surface area (Å²) in [4.78, 5) is 16.7. The summed E-state index contributed by atoms with van der Waals surface area (Å²) in [6.07, 6.45) is 0.356. The number of hydrogen-bond donors (Lipinski definition) is 0. The Morgan fingerprint density at radius 3 is 2.35 bits per heavy atom. The van der Waals surface area contributed by atoms with Crippen molar-refractivity contribution in [1.82, 2.24) is 9.80 Å². The Morgan fingerprint density at radius 2 is 1.90 bits per heavy atom. The molecule has 0 radical (unpaired) electrons. The highest BCUT2D eigenvalue weighted by atomic mass is 16.5. The van der Waals surface area contributed by atoms with Crippen molar-refractivity contribution in [2.75, 3.05) is 40.4 Å². The largest absolute Gasteiger partial charge is 0.383 e. The first-order chi connectivity index (χ1) is 9.36. The fraction of sp³-hybridized carbons (Fsp3) is 0.933. The van der Waals surface area contributed by atoms with Crippen molar-refractivity contribution in [2.45, 2.75) is 45.9 Å². The second-order valence-electron chi connectivity index (χ2n) is 6.15. The van der Waals surface area contributed by atoms with Crippen LogP contribution in [0.5, 0.6) is 0 Å². The number of nitrogens with zero attached hydrogens (tertiary/aromatic N) is 2. The van der Waals surface area contributed by atoms with E-state index in [1.165, 1.54) is 0 Å². The van der Waals surface area contributed by atoms with E-state index in [0.717, 1.165) is 13.1 Å². The van der Waals surface area contributed by atoms with Gasteiger partial charge in [-0.1, -0.05) is 13.8 Å². The maximum absolute atomic E-state index is 12.7. The Kier molecular flexibility index (Phi) is 6.92. The molecule has 0 aromatic rings. The molecule has 3 atom stereocenters. The minimum Gasteiger partial charge on any atom is -0.383 e. The zero-order valence-electron chi connectivity index (χ0n) is 13.8. The lowest BCUT2D eigenvalue weighted by atomic mass is 9.99. The van der Waals surface area contributed by atoms with Gasteiger partial charge in [-0.2, -0.15) is 0 Å². The number of ether oxygens (including phenoxy) is 2. The fourth-order valence-corrected chi connectivity index (χ4v) is 2.87. The zero-order chi connectivity index (χ0) is 15.3. The van der Waals surface area contributed by atoms with Gasteiger partial charge in [-0.25, -0.2) is 0 Å². The van der Waals surface area contributed by atoms with Crippen molar-refractivity contribution < 1.29 is 14.3 Å². The van der Waals surface area contributed by atoms with Gasteiger partial charge >= 0.3 is 0 Å². The van der Waals surface area contributed by atoms with Crippen LogP contribution in [0.15, 0.2) is 0 Å². The molecule has 0 aliphatic carbocycles. The first kappa shape index (κ1) is 17.4. The molecule has 1 fully saturated rings. The van der Waals surface area contributed by atoms with Crippen LogP contribution in [0.4, 0.5) is 0 Å². The monoisotopic (exact) mass is 286 g/mol. The Labute approximate surface area is 123 Å². The van der Waals surface area contributed by atoms with E-state index in [1.54, 1.807) is 12.0 Å². The first-order valence-electron chi connectivity index (χ1n) is 7.50. The lowest BCUT2D eigenvalue weighted by Crippen LogP contribution is -2.57. The van der Waals surface area contributed by atoms with Gasteiger partial charge in [-0.15, -0.1) is 0 Å². The highest BCUT2D eigenvalue weighted by Gasteiger charge is 2.35. The zero-order valence-corrected chi connectivity index (χ0v) is 13.8. The van der Waals surface area contributed by atoms with E-state index in [0.29, 0.717) is 13.2 Å². The van der Waals surface area contributed by atoms with Gasteiger partial charge in [0.1, 0.15) is 0 Å². The molecule has 0 bridgehead atoms. The molecule has 1 rings (SSSR count). The van der Waals surface area contributed by atoms with Gasteiger partial charge in [-0.05, 0) is 19.8 Å². The normalized spacial score (nSPS) is 25.8. The molecule has 1 aliphatic rings. The highest BCUT2D eigenvalue weighted by molar-refractivity contribution is 5.82. The molecule has 0 N–H and O–H groups in total. The summed E-state index contributed by atoms with van der Waals surface area (Å²) in [7, 11) is 3.51. The fourth-order valence-electron chi connectivity index (χ4n) is 2.87. The quantitative estimate of drug-likeness (QED) is 0.736. The van der Waals surface area contributed by atoms with E-state index in [1.807, 2.05) is 7.05 Å². The number of methoxy groups -OCH3 is 1. The summed E-state index contributed by atoms with van der Waals surface area (Å²) in [6.45, 7) is 11.2. The van der Waals surface area contributed by atoms with Gasteiger partial charge in [0.05, 0.1) is 24.9 Å². The van der Waals surface area contributed by atoms with Gasteiger partial charge < -0.3 is 14.4 Å². The smallest absolute Gasteiger partial charge is 0.240 e. The molecule has 3 unspecified atom stereocenters. The predicted molar refractivity (Wildman–Crippen MR) is 79.7 cm³/mol. The first-order valence-corrected chi connectivity index (χ1v) is 7.50. The van der Waals surface area contributed by atoms with Crippen molar-refractivity contribution in [3.63, 3.8) is 0 Å². The van der Waals surface area contributed by atoms with Crippen LogP contribution in [0, 0.1) is 5.92 Å². The predicted octanol–water partition coefficient (Wildman–Crippen LogP) is 1.23. The summed E-state index contributed by atoms with van der Waals surface area (Å²) < 4.78 is 10.8. The molecule has 0 aromatic carbocycles. The molecule has 0 aromatic heterocycles. The molecular formula is C15H30N2O3. The Balaban J connectivity index is 2.74. The lowest BCUT2D eigenvalue weighted by molar-refractivity contribution is -0.144. The molecule has 0 saturated carbocycles. The summed E-state index contributed by atoms with van der Waals surface area (Å²) in [5.41, 5.74) is 0. The third-order valence-corrected chi connectivity index (χ3v) is 3.73. The minimum atomic E-state index is -0.0781. The summed E-state index contributed by atoms with van der Waals surface area (Å²) in [5.74, 6) is 0.461. The van der Waals surface area contributed by atoms with Gasteiger partial charge in [0.25, 0.3) is 0 Å². The van der Waals surface area contributed by atoms with Crippen LogP contribution in [-0.4, -0.2) is 74.4 Å². The molecule has 0 spiro atoms. The van der Waals surface area contributed by atoms with Crippen LogP contribution < -0.4 is 0 Å². The third kappa shape index (κ3) is 4.72. The Bertz CT molecular complexity index is 299. The van der Waals surface area contributed by atoms with Crippen LogP contribution in [-0.2, 0) is 14.3 Å². The number of carbonyl (C=O) groups is 1. The second-order valence-corrected chi connectivity index (χ2v) is 6.15. The van der Waals surface area contributed by atoms with E-state index in [4.69, 9.17) is 9.47 Å². The van der Waals surface area contributed by atoms with Gasteiger partial charge in [0.2, 0.25) is 5.91 Å². The number of morpholine rings is 1. The maximum atomic E-state index is 12.7. The minimum absolute atomic E-state index is 0.0781. The van der Waals surface area contributed by atoms with Crippen LogP contribution in [0.3, 0.4) is 0 Å². The van der Waals surface area contributed by atoms with E-state index in [2.05, 4.69) is 32.6 Å². The average molecular weight is 286 g/mol. The number of amides is 1. The summed E-state index contributed by atoms with van der Waals surface area (Å²) in [6, 6.07) is -0.0781. The van der Waals surface area contributed by atoms with E-state index >= 15 is 0 Å². The van der Waals surface area contributed by atoms with Crippen LogP contribution in [0.2, 0.25) is 0 Å². The van der Waals surface area contributed by atoms with Crippen LogP contribution in [0.1, 0.15) is 27.7 Å². The third-order valence-electron chi connectivity index (χ3n) is 3.73. The van der Waals surface area contributed by atoms with E-state index < -0.39 is 0 Å². The molecule has 5 heteroatoms. The standard InChI is InChI=1S/C15H30N2O3/c1-11(2)14(15(18)16(5)7-8-19-6)17-9-12(3)20-13(4)10-17/h11-14H,7-10H2,1-6H3.